The van der Waals surface area contributed by atoms with Gasteiger partial charge in [-0.2, -0.15) is 0 Å². The molecule has 0 N–H and O–H groups in total. The SMILES string of the molecule is CCCC1CC(=O)N(C(=O)c2cccnc2Br)C1. The van der Waals surface area contributed by atoms with Crippen LogP contribution >= 0.6 is 15.9 Å². The number of nitrogens with zero attached hydrogens (tertiary/aromatic N) is 2. The van der Waals surface area contributed by atoms with Crippen LogP contribution in [-0.4, -0.2) is 28.2 Å². The molecule has 1 atom stereocenters. The Kier molecular flexibility index (Phi) is 4.11. The molecular weight excluding hydrogens is 296 g/mol. The molecule has 1 aromatic heterocycles. The Labute approximate surface area is 115 Å². The molecule has 4 nitrogen and oxygen atoms in total. The number of imide groups is 1. The number of hydrogen-bond acceptors (Lipinski definition) is 3. The Morgan fingerprint density at radius 1 is 1.61 bits per heavy atom. The zero-order valence-electron chi connectivity index (χ0n) is 10.2. The summed E-state index contributed by atoms with van der Waals surface area (Å²) < 4.78 is 0.488. The number of carbonyl (C=O) groups excluding carboxylic acids is 2. The standard InChI is InChI=1S/C13H15BrN2O2/c1-2-4-9-7-11(17)16(8-9)13(18)10-5-3-6-15-12(10)14/h3,5-6,9H,2,4,7-8H2,1H3. The van der Waals surface area contributed by atoms with Crippen LogP contribution in [0.15, 0.2) is 22.9 Å². The van der Waals surface area contributed by atoms with Gasteiger partial charge in [0.1, 0.15) is 4.60 Å². The molecule has 1 fully saturated rings. The highest BCUT2D eigenvalue weighted by Gasteiger charge is 2.34. The summed E-state index contributed by atoms with van der Waals surface area (Å²) in [5, 5.41) is 0. The van der Waals surface area contributed by atoms with Crippen molar-refractivity contribution in [3.63, 3.8) is 0 Å². The predicted octanol–water partition coefficient (Wildman–Crippen LogP) is 2.63. The van der Waals surface area contributed by atoms with Crippen LogP contribution in [0.3, 0.4) is 0 Å². The molecule has 1 saturated heterocycles. The second-order valence-corrected chi connectivity index (χ2v) is 5.26. The Bertz CT molecular complexity index is 476. The molecule has 2 amide bonds. The Hall–Kier alpha value is -1.23. The molecule has 0 bridgehead atoms. The van der Waals surface area contributed by atoms with Gasteiger partial charge in [0, 0.05) is 19.2 Å². The molecule has 5 heteroatoms. The fourth-order valence-electron chi connectivity index (χ4n) is 2.27. The van der Waals surface area contributed by atoms with E-state index in [4.69, 9.17) is 0 Å². The summed E-state index contributed by atoms with van der Waals surface area (Å²) in [6.07, 6.45) is 4.12. The van der Waals surface area contributed by atoms with Gasteiger partial charge in [-0.05, 0) is 40.4 Å². The second-order valence-electron chi connectivity index (χ2n) is 4.51. The van der Waals surface area contributed by atoms with Crippen molar-refractivity contribution in [2.24, 2.45) is 5.92 Å². The van der Waals surface area contributed by atoms with E-state index >= 15 is 0 Å². The normalized spacial score (nSPS) is 19.3. The molecule has 1 unspecified atom stereocenters. The van der Waals surface area contributed by atoms with Gasteiger partial charge in [0.25, 0.3) is 5.91 Å². The molecule has 0 spiro atoms. The Morgan fingerprint density at radius 2 is 2.39 bits per heavy atom. The van der Waals surface area contributed by atoms with Crippen molar-refractivity contribution in [2.45, 2.75) is 26.2 Å². The van der Waals surface area contributed by atoms with Gasteiger partial charge >= 0.3 is 0 Å². The highest BCUT2D eigenvalue weighted by Crippen LogP contribution is 2.25. The van der Waals surface area contributed by atoms with E-state index in [2.05, 4.69) is 27.8 Å². The third-order valence-corrected chi connectivity index (χ3v) is 3.77. The van der Waals surface area contributed by atoms with Crippen LogP contribution in [0.1, 0.15) is 36.5 Å². The highest BCUT2D eigenvalue weighted by atomic mass is 79.9. The Balaban J connectivity index is 2.15. The van der Waals surface area contributed by atoms with E-state index in [1.165, 1.54) is 4.90 Å². The molecule has 1 aliphatic heterocycles. The van der Waals surface area contributed by atoms with Gasteiger partial charge in [-0.1, -0.05) is 13.3 Å². The largest absolute Gasteiger partial charge is 0.278 e. The van der Waals surface area contributed by atoms with Crippen molar-refractivity contribution in [3.8, 4) is 0 Å². The fourth-order valence-corrected chi connectivity index (χ4v) is 2.69. The van der Waals surface area contributed by atoms with Crippen LogP contribution in [0, 0.1) is 5.92 Å². The lowest BCUT2D eigenvalue weighted by atomic mass is 10.0. The minimum atomic E-state index is -0.251. The second kappa shape index (κ2) is 5.61. The van der Waals surface area contributed by atoms with Gasteiger partial charge in [-0.3, -0.25) is 14.5 Å². The number of carbonyl (C=O) groups is 2. The number of pyridine rings is 1. The lowest BCUT2D eigenvalue weighted by Crippen LogP contribution is -2.32. The predicted molar refractivity (Wildman–Crippen MR) is 71.0 cm³/mol. The third kappa shape index (κ3) is 2.61. The maximum absolute atomic E-state index is 12.3. The van der Waals surface area contributed by atoms with E-state index in [-0.39, 0.29) is 11.8 Å². The van der Waals surface area contributed by atoms with Crippen LogP contribution in [-0.2, 0) is 4.79 Å². The number of amides is 2. The lowest BCUT2D eigenvalue weighted by Gasteiger charge is -2.15. The first-order valence-corrected chi connectivity index (χ1v) is 6.88. The zero-order chi connectivity index (χ0) is 13.1. The highest BCUT2D eigenvalue weighted by molar-refractivity contribution is 9.10. The van der Waals surface area contributed by atoms with Gasteiger partial charge < -0.3 is 0 Å². The molecule has 0 saturated carbocycles. The molecule has 2 heterocycles. The number of halogens is 1. The average Bonchev–Trinajstić information content (AvgIpc) is 2.71. The van der Waals surface area contributed by atoms with Gasteiger partial charge in [-0.25, -0.2) is 4.98 Å². The van der Waals surface area contributed by atoms with Crippen LogP contribution in [0.4, 0.5) is 0 Å². The van der Waals surface area contributed by atoms with Crippen LogP contribution in [0.5, 0.6) is 0 Å². The summed E-state index contributed by atoms with van der Waals surface area (Å²) in [6.45, 7) is 2.62. The topological polar surface area (TPSA) is 50.3 Å². The summed E-state index contributed by atoms with van der Waals surface area (Å²) in [5.74, 6) is -0.0188. The van der Waals surface area contributed by atoms with E-state index in [0.29, 0.717) is 29.1 Å². The van der Waals surface area contributed by atoms with Crippen molar-refractivity contribution in [2.75, 3.05) is 6.54 Å². The molecule has 96 valence electrons. The van der Waals surface area contributed by atoms with Gasteiger partial charge in [0.2, 0.25) is 5.91 Å². The summed E-state index contributed by atoms with van der Waals surface area (Å²) in [6, 6.07) is 3.38. The van der Waals surface area contributed by atoms with Gasteiger partial charge in [-0.15, -0.1) is 0 Å². The van der Waals surface area contributed by atoms with E-state index in [9.17, 15) is 9.59 Å². The number of hydrogen-bond donors (Lipinski definition) is 0. The van der Waals surface area contributed by atoms with Crippen molar-refractivity contribution in [1.29, 1.82) is 0 Å². The van der Waals surface area contributed by atoms with Crippen LogP contribution < -0.4 is 0 Å². The average molecular weight is 311 g/mol. The minimum absolute atomic E-state index is 0.0748. The summed E-state index contributed by atoms with van der Waals surface area (Å²) in [5.41, 5.74) is 0.447. The summed E-state index contributed by atoms with van der Waals surface area (Å²) >= 11 is 3.24. The first kappa shape index (κ1) is 13.2. The first-order valence-electron chi connectivity index (χ1n) is 6.08. The molecule has 1 aliphatic rings. The summed E-state index contributed by atoms with van der Waals surface area (Å²) in [4.78, 5) is 29.5. The number of rotatable bonds is 3. The maximum Gasteiger partial charge on any atom is 0.263 e. The molecular formula is C13H15BrN2O2. The fraction of sp³-hybridized carbons (Fsp3) is 0.462. The minimum Gasteiger partial charge on any atom is -0.278 e. The van der Waals surface area contributed by atoms with Crippen molar-refractivity contribution < 1.29 is 9.59 Å². The number of likely N-dealkylation sites (tertiary alicyclic amines) is 1. The van der Waals surface area contributed by atoms with Crippen LogP contribution in [0.25, 0.3) is 0 Å². The molecule has 1 aromatic rings. The summed E-state index contributed by atoms with van der Waals surface area (Å²) in [7, 11) is 0. The third-order valence-electron chi connectivity index (χ3n) is 3.14. The Morgan fingerprint density at radius 3 is 3.06 bits per heavy atom. The van der Waals surface area contributed by atoms with Crippen LogP contribution in [0.2, 0.25) is 0 Å². The monoisotopic (exact) mass is 310 g/mol. The molecule has 0 aromatic carbocycles. The smallest absolute Gasteiger partial charge is 0.263 e. The zero-order valence-corrected chi connectivity index (χ0v) is 11.8. The quantitative estimate of drug-likeness (QED) is 0.637. The molecule has 18 heavy (non-hydrogen) atoms. The van der Waals surface area contributed by atoms with E-state index in [1.807, 2.05) is 0 Å². The van der Waals surface area contributed by atoms with Gasteiger partial charge in [0.05, 0.1) is 5.56 Å². The van der Waals surface area contributed by atoms with E-state index in [0.717, 1.165) is 12.8 Å². The maximum atomic E-state index is 12.3. The van der Waals surface area contributed by atoms with Gasteiger partial charge in [0.15, 0.2) is 0 Å². The van der Waals surface area contributed by atoms with Crippen molar-refractivity contribution in [3.05, 3.63) is 28.5 Å². The molecule has 0 aliphatic carbocycles. The first-order chi connectivity index (χ1) is 8.63. The molecule has 2 rings (SSSR count). The lowest BCUT2D eigenvalue weighted by molar-refractivity contribution is -0.125. The number of aromatic nitrogens is 1. The van der Waals surface area contributed by atoms with Crippen molar-refractivity contribution in [1.82, 2.24) is 9.88 Å². The van der Waals surface area contributed by atoms with E-state index in [1.54, 1.807) is 18.3 Å². The van der Waals surface area contributed by atoms with E-state index < -0.39 is 0 Å². The molecule has 0 radical (unpaired) electrons. The van der Waals surface area contributed by atoms with Crippen molar-refractivity contribution >= 4 is 27.7 Å².